The highest BCUT2D eigenvalue weighted by atomic mass is 16.4. The summed E-state index contributed by atoms with van der Waals surface area (Å²) in [7, 11) is 0. The summed E-state index contributed by atoms with van der Waals surface area (Å²) in [5, 5.41) is 12.5. The fourth-order valence-corrected chi connectivity index (χ4v) is 1.15. The highest BCUT2D eigenvalue weighted by Gasteiger charge is 2.23. The summed E-state index contributed by atoms with van der Waals surface area (Å²) in [6.45, 7) is 0. The molecule has 1 saturated carbocycles. The molecule has 1 aromatic heterocycles. The third kappa shape index (κ3) is 1.96. The maximum atomic E-state index is 10.2. The van der Waals surface area contributed by atoms with E-state index in [0.29, 0.717) is 6.04 Å². The lowest BCUT2D eigenvalue weighted by molar-refractivity contribution is -0.131. The van der Waals surface area contributed by atoms with E-state index in [2.05, 4.69) is 5.10 Å². The molecule has 0 amide bonds. The van der Waals surface area contributed by atoms with Crippen LogP contribution in [0.4, 0.5) is 0 Å². The molecule has 4 nitrogen and oxygen atoms in total. The van der Waals surface area contributed by atoms with Crippen molar-refractivity contribution >= 4 is 12.0 Å². The molecule has 0 radical (unpaired) electrons. The fraction of sp³-hybridized carbons (Fsp3) is 0.333. The third-order valence-corrected chi connectivity index (χ3v) is 1.96. The van der Waals surface area contributed by atoms with E-state index < -0.39 is 5.97 Å². The van der Waals surface area contributed by atoms with Crippen LogP contribution in [-0.4, -0.2) is 20.9 Å². The number of aliphatic carboxylic acids is 1. The Bertz CT molecular complexity index is 350. The average Bonchev–Trinajstić information content (AvgIpc) is 2.83. The molecule has 1 heterocycles. The lowest BCUT2D eigenvalue weighted by Gasteiger charge is -1.92. The maximum Gasteiger partial charge on any atom is 0.328 e. The predicted octanol–water partition coefficient (Wildman–Crippen LogP) is 1.32. The number of carboxylic acid groups (broad SMARTS) is 1. The van der Waals surface area contributed by atoms with Crippen molar-refractivity contribution in [1.29, 1.82) is 0 Å². The molecule has 1 aliphatic rings. The van der Waals surface area contributed by atoms with Crippen LogP contribution in [0.3, 0.4) is 0 Å². The Labute approximate surface area is 75.5 Å². The van der Waals surface area contributed by atoms with Crippen molar-refractivity contribution in [2.24, 2.45) is 0 Å². The smallest absolute Gasteiger partial charge is 0.328 e. The first kappa shape index (κ1) is 8.04. The van der Waals surface area contributed by atoms with Crippen LogP contribution < -0.4 is 0 Å². The van der Waals surface area contributed by atoms with Crippen molar-refractivity contribution in [2.75, 3.05) is 0 Å². The Morgan fingerprint density at radius 1 is 1.69 bits per heavy atom. The molecule has 68 valence electrons. The molecule has 0 bridgehead atoms. The van der Waals surface area contributed by atoms with Gasteiger partial charge in [-0.25, -0.2) is 4.79 Å². The van der Waals surface area contributed by atoms with Gasteiger partial charge in [0, 0.05) is 17.8 Å². The Hall–Kier alpha value is -1.58. The van der Waals surface area contributed by atoms with E-state index in [1.807, 2.05) is 10.9 Å². The zero-order valence-electron chi connectivity index (χ0n) is 7.05. The lowest BCUT2D eigenvalue weighted by Crippen LogP contribution is -1.91. The molecule has 1 fully saturated rings. The second-order valence-corrected chi connectivity index (χ2v) is 3.16. The molecule has 0 saturated heterocycles. The first-order chi connectivity index (χ1) is 6.25. The van der Waals surface area contributed by atoms with Gasteiger partial charge >= 0.3 is 5.97 Å². The van der Waals surface area contributed by atoms with Crippen molar-refractivity contribution in [2.45, 2.75) is 18.9 Å². The summed E-state index contributed by atoms with van der Waals surface area (Å²) in [4.78, 5) is 10.2. The van der Waals surface area contributed by atoms with Crippen molar-refractivity contribution in [3.05, 3.63) is 24.0 Å². The van der Waals surface area contributed by atoms with Crippen molar-refractivity contribution < 1.29 is 9.90 Å². The van der Waals surface area contributed by atoms with Crippen LogP contribution in [-0.2, 0) is 4.79 Å². The number of nitrogens with zero attached hydrogens (tertiary/aromatic N) is 2. The van der Waals surface area contributed by atoms with E-state index >= 15 is 0 Å². The first-order valence-electron chi connectivity index (χ1n) is 4.21. The van der Waals surface area contributed by atoms with Crippen LogP contribution >= 0.6 is 0 Å². The van der Waals surface area contributed by atoms with Crippen LogP contribution in [0.25, 0.3) is 6.08 Å². The summed E-state index contributed by atoms with van der Waals surface area (Å²) in [5.74, 6) is -0.931. The van der Waals surface area contributed by atoms with Gasteiger partial charge in [0.1, 0.15) is 0 Å². The molecule has 1 aromatic rings. The average molecular weight is 178 g/mol. The van der Waals surface area contributed by atoms with Crippen LogP contribution in [0.1, 0.15) is 24.4 Å². The van der Waals surface area contributed by atoms with Crippen LogP contribution in [0.15, 0.2) is 18.5 Å². The molecular weight excluding hydrogens is 168 g/mol. The van der Waals surface area contributed by atoms with Crippen molar-refractivity contribution in [1.82, 2.24) is 9.78 Å². The molecule has 4 heteroatoms. The highest BCUT2D eigenvalue weighted by molar-refractivity contribution is 5.85. The number of carbonyl (C=O) groups is 1. The van der Waals surface area contributed by atoms with E-state index in [1.54, 1.807) is 12.3 Å². The third-order valence-electron chi connectivity index (χ3n) is 1.96. The molecule has 1 aliphatic carbocycles. The Balaban J connectivity index is 2.08. The number of rotatable bonds is 3. The second kappa shape index (κ2) is 3.05. The van der Waals surface area contributed by atoms with Gasteiger partial charge in [-0.05, 0) is 18.9 Å². The summed E-state index contributed by atoms with van der Waals surface area (Å²) >= 11 is 0. The van der Waals surface area contributed by atoms with E-state index in [1.165, 1.54) is 12.8 Å². The zero-order valence-corrected chi connectivity index (χ0v) is 7.05. The molecule has 2 rings (SSSR count). The summed E-state index contributed by atoms with van der Waals surface area (Å²) in [6.07, 6.45) is 8.59. The fourth-order valence-electron chi connectivity index (χ4n) is 1.15. The molecule has 0 aliphatic heterocycles. The number of carboxylic acids is 1. The van der Waals surface area contributed by atoms with Gasteiger partial charge in [-0.15, -0.1) is 0 Å². The van der Waals surface area contributed by atoms with Gasteiger partial charge in [0.2, 0.25) is 0 Å². The Morgan fingerprint density at radius 2 is 2.46 bits per heavy atom. The molecule has 0 spiro atoms. The second-order valence-electron chi connectivity index (χ2n) is 3.16. The summed E-state index contributed by atoms with van der Waals surface area (Å²) < 4.78 is 1.89. The van der Waals surface area contributed by atoms with Crippen LogP contribution in [0, 0.1) is 0 Å². The number of hydrogen-bond acceptors (Lipinski definition) is 2. The van der Waals surface area contributed by atoms with Gasteiger partial charge in [-0.1, -0.05) is 0 Å². The van der Waals surface area contributed by atoms with Crippen LogP contribution in [0.2, 0.25) is 0 Å². The standard InChI is InChI=1S/C9H10N2O2/c12-9(13)4-1-7-5-10-11(6-7)8-2-3-8/h1,4-6,8H,2-3H2,(H,12,13)/b4-1+. The van der Waals surface area contributed by atoms with Crippen molar-refractivity contribution in [3.8, 4) is 0 Å². The first-order valence-corrected chi connectivity index (χ1v) is 4.21. The van der Waals surface area contributed by atoms with Gasteiger partial charge in [0.25, 0.3) is 0 Å². The predicted molar refractivity (Wildman–Crippen MR) is 47.2 cm³/mol. The minimum Gasteiger partial charge on any atom is -0.478 e. The molecule has 13 heavy (non-hydrogen) atoms. The summed E-state index contributed by atoms with van der Waals surface area (Å²) in [6, 6.07) is 0.548. The van der Waals surface area contributed by atoms with Gasteiger partial charge in [0.05, 0.1) is 12.2 Å². The maximum absolute atomic E-state index is 10.2. The van der Waals surface area contributed by atoms with E-state index in [4.69, 9.17) is 5.11 Å². The number of aromatic nitrogens is 2. The van der Waals surface area contributed by atoms with E-state index in [9.17, 15) is 4.79 Å². The normalized spacial score (nSPS) is 16.6. The van der Waals surface area contributed by atoms with E-state index in [-0.39, 0.29) is 0 Å². The lowest BCUT2D eigenvalue weighted by atomic mass is 10.3. The molecular formula is C9H10N2O2. The number of hydrogen-bond donors (Lipinski definition) is 1. The Morgan fingerprint density at radius 3 is 3.08 bits per heavy atom. The highest BCUT2D eigenvalue weighted by Crippen LogP contribution is 2.34. The quantitative estimate of drug-likeness (QED) is 0.710. The minimum absolute atomic E-state index is 0.548. The van der Waals surface area contributed by atoms with Crippen LogP contribution in [0.5, 0.6) is 0 Å². The van der Waals surface area contributed by atoms with Gasteiger partial charge in [-0.2, -0.15) is 5.10 Å². The minimum atomic E-state index is -0.931. The van der Waals surface area contributed by atoms with E-state index in [0.717, 1.165) is 11.6 Å². The van der Waals surface area contributed by atoms with Crippen molar-refractivity contribution in [3.63, 3.8) is 0 Å². The zero-order chi connectivity index (χ0) is 9.26. The molecule has 0 atom stereocenters. The Kier molecular flexibility index (Phi) is 1.88. The SMILES string of the molecule is O=C(O)/C=C/c1cnn(C2CC2)c1. The summed E-state index contributed by atoms with van der Waals surface area (Å²) in [5.41, 5.74) is 0.842. The van der Waals surface area contributed by atoms with Gasteiger partial charge in [-0.3, -0.25) is 4.68 Å². The molecule has 0 aromatic carbocycles. The molecule has 1 N–H and O–H groups in total. The monoisotopic (exact) mass is 178 g/mol. The topological polar surface area (TPSA) is 55.1 Å². The van der Waals surface area contributed by atoms with Gasteiger partial charge in [0.15, 0.2) is 0 Å². The largest absolute Gasteiger partial charge is 0.478 e. The molecule has 0 unspecified atom stereocenters. The van der Waals surface area contributed by atoms with Gasteiger partial charge < -0.3 is 5.11 Å².